The van der Waals surface area contributed by atoms with Crippen LogP contribution in [0, 0.1) is 65.1 Å². The van der Waals surface area contributed by atoms with E-state index < -0.39 is 0 Å². The predicted octanol–water partition coefficient (Wildman–Crippen LogP) is 8.40. The molecule has 0 radical (unpaired) electrons. The SMILES string of the molecule is C1=CC2C3=CCC4CC4C3C=CCC2C1.CC.CC1OC(C)C2C3CC3CCC2C2C=CCC12. The molecule has 0 N–H and O–H groups in total. The minimum atomic E-state index is 0.466. The summed E-state index contributed by atoms with van der Waals surface area (Å²) in [6.07, 6.45) is 29.6. The third kappa shape index (κ3) is 4.03. The molecule has 0 aromatic rings. The van der Waals surface area contributed by atoms with Crippen molar-refractivity contribution in [2.45, 2.75) is 91.3 Å². The van der Waals surface area contributed by atoms with Gasteiger partial charge in [-0.1, -0.05) is 62.0 Å². The fourth-order valence-corrected chi connectivity index (χ4v) is 9.32. The Labute approximate surface area is 209 Å². The Hall–Kier alpha value is -1.08. The smallest absolute Gasteiger partial charge is 0.0587 e. The average Bonchev–Trinajstić information content (AvgIpc) is 3.73. The van der Waals surface area contributed by atoms with Gasteiger partial charge < -0.3 is 4.74 Å². The molecule has 13 atom stereocenters. The molecule has 0 spiro atoms. The van der Waals surface area contributed by atoms with Crippen molar-refractivity contribution in [2.75, 3.05) is 0 Å². The van der Waals surface area contributed by atoms with E-state index in [9.17, 15) is 0 Å². The van der Waals surface area contributed by atoms with E-state index >= 15 is 0 Å². The maximum atomic E-state index is 6.35. The molecule has 8 rings (SSSR count). The molecule has 3 saturated carbocycles. The topological polar surface area (TPSA) is 9.23 Å². The lowest BCUT2D eigenvalue weighted by molar-refractivity contribution is -0.0433. The Morgan fingerprint density at radius 2 is 1.38 bits per heavy atom. The van der Waals surface area contributed by atoms with Crippen LogP contribution < -0.4 is 0 Å². The first kappa shape index (κ1) is 23.3. The zero-order valence-corrected chi connectivity index (χ0v) is 22.1. The van der Waals surface area contributed by atoms with E-state index in [1.54, 1.807) is 5.57 Å². The molecular formula is C33H48O. The lowest BCUT2D eigenvalue weighted by Crippen LogP contribution is -2.34. The molecule has 0 bridgehead atoms. The third-order valence-electron chi connectivity index (χ3n) is 11.1. The molecule has 8 aliphatic rings. The number of fused-ring (bicyclic) bond motifs is 10. The van der Waals surface area contributed by atoms with Crippen LogP contribution >= 0.6 is 0 Å². The number of hydrogen-bond acceptors (Lipinski definition) is 1. The lowest BCUT2D eigenvalue weighted by atomic mass is 9.68. The predicted molar refractivity (Wildman–Crippen MR) is 142 cm³/mol. The molecule has 186 valence electrons. The summed E-state index contributed by atoms with van der Waals surface area (Å²) in [4.78, 5) is 0. The molecular weight excluding hydrogens is 412 g/mol. The average molecular weight is 461 g/mol. The summed E-state index contributed by atoms with van der Waals surface area (Å²) in [5, 5.41) is 0. The summed E-state index contributed by atoms with van der Waals surface area (Å²) in [5.41, 5.74) is 1.78. The van der Waals surface area contributed by atoms with E-state index in [0.29, 0.717) is 12.2 Å². The van der Waals surface area contributed by atoms with E-state index in [4.69, 9.17) is 4.74 Å². The summed E-state index contributed by atoms with van der Waals surface area (Å²) in [5.74, 6) is 10.1. The Balaban J connectivity index is 0.000000120. The Bertz CT molecular complexity index is 862. The molecule has 1 heteroatoms. The largest absolute Gasteiger partial charge is 0.375 e. The van der Waals surface area contributed by atoms with Gasteiger partial charge in [0.25, 0.3) is 0 Å². The van der Waals surface area contributed by atoms with Gasteiger partial charge in [-0.3, -0.25) is 0 Å². The maximum absolute atomic E-state index is 6.35. The summed E-state index contributed by atoms with van der Waals surface area (Å²) < 4.78 is 6.35. The Kier molecular flexibility index (Phi) is 6.46. The monoisotopic (exact) mass is 460 g/mol. The van der Waals surface area contributed by atoms with Crippen molar-refractivity contribution in [3.05, 3.63) is 48.1 Å². The molecule has 1 saturated heterocycles. The maximum Gasteiger partial charge on any atom is 0.0587 e. The van der Waals surface area contributed by atoms with Crippen molar-refractivity contribution in [1.29, 1.82) is 0 Å². The van der Waals surface area contributed by atoms with Gasteiger partial charge in [0.05, 0.1) is 12.2 Å². The van der Waals surface area contributed by atoms with Crippen molar-refractivity contribution >= 4 is 0 Å². The molecule has 0 aromatic heterocycles. The van der Waals surface area contributed by atoms with Crippen molar-refractivity contribution in [3.63, 3.8) is 0 Å². The molecule has 34 heavy (non-hydrogen) atoms. The van der Waals surface area contributed by atoms with E-state index in [-0.39, 0.29) is 0 Å². The minimum absolute atomic E-state index is 0.466. The van der Waals surface area contributed by atoms with Crippen LogP contribution in [0.3, 0.4) is 0 Å². The summed E-state index contributed by atoms with van der Waals surface area (Å²) in [7, 11) is 0. The lowest BCUT2D eigenvalue weighted by Gasteiger charge is -2.36. The molecule has 1 nitrogen and oxygen atoms in total. The zero-order valence-electron chi connectivity index (χ0n) is 22.1. The standard InChI is InChI=1S/C16H24O.C15H18.C2H6/c1-9-12-4-3-5-13(12)14-7-6-11-8-15(11)16(14)10(2)17-9;1-3-10-4-2-6-13-14(12(10)5-1)8-7-11-9-15(11)13;1-2/h3,5,9-16H,4,6-8H2,1-2H3;1-2,5-6,8,10-13,15H,3-4,7,9H2;1-2H3. The van der Waals surface area contributed by atoms with Crippen molar-refractivity contribution in [2.24, 2.45) is 65.1 Å². The van der Waals surface area contributed by atoms with Crippen molar-refractivity contribution in [3.8, 4) is 0 Å². The van der Waals surface area contributed by atoms with Gasteiger partial charge in [0.15, 0.2) is 0 Å². The number of allylic oxidation sites excluding steroid dienone is 8. The quantitative estimate of drug-likeness (QED) is 0.330. The highest BCUT2D eigenvalue weighted by Gasteiger charge is 2.56. The van der Waals surface area contributed by atoms with Crippen molar-refractivity contribution < 1.29 is 4.74 Å². The molecule has 7 aliphatic carbocycles. The van der Waals surface area contributed by atoms with Crippen LogP contribution in [0.5, 0.6) is 0 Å². The second-order valence-corrected chi connectivity index (χ2v) is 12.7. The molecule has 0 aromatic carbocycles. The van der Waals surface area contributed by atoms with Crippen LogP contribution in [0.4, 0.5) is 0 Å². The first-order valence-electron chi connectivity index (χ1n) is 15.0. The second kappa shape index (κ2) is 9.42. The van der Waals surface area contributed by atoms with Gasteiger partial charge in [0.2, 0.25) is 0 Å². The van der Waals surface area contributed by atoms with E-state index in [1.165, 1.54) is 51.4 Å². The second-order valence-electron chi connectivity index (χ2n) is 12.7. The highest BCUT2D eigenvalue weighted by molar-refractivity contribution is 5.32. The van der Waals surface area contributed by atoms with E-state index in [2.05, 4.69) is 56.4 Å². The number of rotatable bonds is 0. The van der Waals surface area contributed by atoms with E-state index in [0.717, 1.165) is 65.1 Å². The number of ether oxygens (including phenoxy) is 1. The van der Waals surface area contributed by atoms with Gasteiger partial charge >= 0.3 is 0 Å². The summed E-state index contributed by atoms with van der Waals surface area (Å²) in [6.45, 7) is 8.66. The Morgan fingerprint density at radius 1 is 0.647 bits per heavy atom. The summed E-state index contributed by atoms with van der Waals surface area (Å²) in [6, 6.07) is 0. The zero-order chi connectivity index (χ0) is 23.4. The fourth-order valence-electron chi connectivity index (χ4n) is 9.32. The first-order valence-corrected chi connectivity index (χ1v) is 15.0. The van der Waals surface area contributed by atoms with Gasteiger partial charge in [-0.25, -0.2) is 0 Å². The van der Waals surface area contributed by atoms with Gasteiger partial charge in [0, 0.05) is 11.8 Å². The van der Waals surface area contributed by atoms with Crippen molar-refractivity contribution in [1.82, 2.24) is 0 Å². The van der Waals surface area contributed by atoms with Gasteiger partial charge in [-0.05, 0) is 118 Å². The van der Waals surface area contributed by atoms with Crippen LogP contribution in [-0.2, 0) is 4.74 Å². The third-order valence-corrected chi connectivity index (χ3v) is 11.1. The van der Waals surface area contributed by atoms with Crippen LogP contribution in [0.2, 0.25) is 0 Å². The highest BCUT2D eigenvalue weighted by atomic mass is 16.5. The molecule has 1 aliphatic heterocycles. The van der Waals surface area contributed by atoms with Gasteiger partial charge in [0.1, 0.15) is 0 Å². The fraction of sp³-hybridized carbons (Fsp3) is 0.758. The van der Waals surface area contributed by atoms with E-state index in [1.807, 2.05) is 13.8 Å². The Morgan fingerprint density at radius 3 is 2.21 bits per heavy atom. The normalized spacial score (nSPS) is 52.4. The molecule has 4 fully saturated rings. The van der Waals surface area contributed by atoms with Crippen LogP contribution in [0.15, 0.2) is 48.1 Å². The minimum Gasteiger partial charge on any atom is -0.375 e. The van der Waals surface area contributed by atoms with Gasteiger partial charge in [-0.2, -0.15) is 0 Å². The molecule has 13 unspecified atom stereocenters. The summed E-state index contributed by atoms with van der Waals surface area (Å²) >= 11 is 0. The molecule has 0 amide bonds. The van der Waals surface area contributed by atoms with Crippen LogP contribution in [-0.4, -0.2) is 12.2 Å². The highest BCUT2D eigenvalue weighted by Crippen LogP contribution is 2.61. The first-order chi connectivity index (χ1) is 16.7. The van der Waals surface area contributed by atoms with Gasteiger partial charge in [-0.15, -0.1) is 0 Å². The van der Waals surface area contributed by atoms with Crippen LogP contribution in [0.1, 0.15) is 79.1 Å². The molecule has 1 heterocycles. The van der Waals surface area contributed by atoms with Crippen LogP contribution in [0.25, 0.3) is 0 Å². The number of hydrogen-bond donors (Lipinski definition) is 0.